The van der Waals surface area contributed by atoms with Crippen LogP contribution in [0.4, 0.5) is 5.95 Å². The van der Waals surface area contributed by atoms with Gasteiger partial charge in [-0.15, -0.1) is 13.2 Å². The van der Waals surface area contributed by atoms with Gasteiger partial charge in [0.15, 0.2) is 5.69 Å². The number of nitrogens with zero attached hydrogens (tertiary/aromatic N) is 3. The molecule has 0 aromatic carbocycles. The Morgan fingerprint density at radius 1 is 1.17 bits per heavy atom. The van der Waals surface area contributed by atoms with Gasteiger partial charge in [-0.25, -0.2) is 8.42 Å². The van der Waals surface area contributed by atoms with Crippen LogP contribution in [0.2, 0.25) is 0 Å². The summed E-state index contributed by atoms with van der Waals surface area (Å²) in [5.41, 5.74) is -1.28. The lowest BCUT2D eigenvalue weighted by Crippen LogP contribution is -2.49. The molecule has 1 aliphatic heterocycles. The lowest BCUT2D eigenvalue weighted by atomic mass is 9.99. The van der Waals surface area contributed by atoms with Gasteiger partial charge in [0.25, 0.3) is 5.91 Å². The normalized spacial score (nSPS) is 15.4. The number of nitrogens with one attached hydrogen (secondary N) is 1. The van der Waals surface area contributed by atoms with Crippen molar-refractivity contribution in [2.45, 2.75) is 53.6 Å². The predicted octanol–water partition coefficient (Wildman–Crippen LogP) is 2.77. The number of anilines is 1. The van der Waals surface area contributed by atoms with Crippen LogP contribution in [0.25, 0.3) is 0 Å². The van der Waals surface area contributed by atoms with Crippen molar-refractivity contribution in [1.29, 1.82) is 0 Å². The first-order valence-electron chi connectivity index (χ1n) is 9.55. The number of allylic oxidation sites excluding steroid dienone is 2. The zero-order valence-corrected chi connectivity index (χ0v) is 19.7. The number of hydrogen-bond donors (Lipinski definition) is 2. The molecule has 0 radical (unpaired) electrons. The Morgan fingerprint density at radius 3 is 2.00 bits per heavy atom. The molecule has 10 heteroatoms. The third kappa shape index (κ3) is 7.01. The van der Waals surface area contributed by atoms with Gasteiger partial charge in [-0.05, 0) is 33.6 Å². The number of aromatic nitrogens is 2. The van der Waals surface area contributed by atoms with Crippen molar-refractivity contribution < 1.29 is 18.3 Å². The van der Waals surface area contributed by atoms with Gasteiger partial charge in [0.05, 0.1) is 12.3 Å². The lowest BCUT2D eigenvalue weighted by molar-refractivity contribution is 0.0568. The number of carbonyl (C=O) groups is 1. The molecule has 9 nitrogen and oxygen atoms in total. The van der Waals surface area contributed by atoms with Crippen molar-refractivity contribution >= 4 is 21.9 Å². The fourth-order valence-electron chi connectivity index (χ4n) is 2.75. The third-order valence-corrected chi connectivity index (χ3v) is 4.51. The van der Waals surface area contributed by atoms with Crippen molar-refractivity contribution in [3.05, 3.63) is 41.4 Å². The maximum absolute atomic E-state index is 12.7. The van der Waals surface area contributed by atoms with Crippen LogP contribution in [0.5, 0.6) is 5.75 Å². The van der Waals surface area contributed by atoms with Gasteiger partial charge in [0, 0.05) is 12.6 Å². The van der Waals surface area contributed by atoms with Gasteiger partial charge in [-0.2, -0.15) is 4.98 Å². The molecule has 0 spiro atoms. The van der Waals surface area contributed by atoms with Crippen LogP contribution < -0.4 is 10.3 Å². The molecule has 0 fully saturated rings. The fourth-order valence-corrected chi connectivity index (χ4v) is 3.22. The number of fused-ring (bicyclic) bond motifs is 1. The molecular weight excluding hydrogens is 408 g/mol. The van der Waals surface area contributed by atoms with E-state index in [1.165, 1.54) is 4.57 Å². The quantitative estimate of drug-likeness (QED) is 0.692. The minimum atomic E-state index is -3.72. The van der Waals surface area contributed by atoms with Gasteiger partial charge in [0.1, 0.15) is 0 Å². The van der Waals surface area contributed by atoms with Gasteiger partial charge in [-0.1, -0.05) is 26.0 Å². The molecule has 2 heterocycles. The maximum Gasteiger partial charge on any atom is 0.317 e. The summed E-state index contributed by atoms with van der Waals surface area (Å²) in [6.45, 7) is 18.3. The molecule has 1 atom stereocenters. The number of aromatic hydroxyl groups is 1. The molecule has 0 aliphatic carbocycles. The molecule has 0 unspecified atom stereocenters. The number of sulfonamides is 1. The Balaban J connectivity index is 0.00000125. The summed E-state index contributed by atoms with van der Waals surface area (Å²) >= 11 is 0. The molecule has 1 aliphatic rings. The topological polar surface area (TPSA) is 122 Å². The van der Waals surface area contributed by atoms with Gasteiger partial charge in [0.2, 0.25) is 21.7 Å². The first-order valence-corrected chi connectivity index (χ1v) is 11.4. The highest BCUT2D eigenvalue weighted by molar-refractivity contribution is 7.92. The summed E-state index contributed by atoms with van der Waals surface area (Å²) in [5, 5.41) is 10.1. The zero-order valence-electron chi connectivity index (χ0n) is 18.8. The van der Waals surface area contributed by atoms with E-state index in [1.54, 1.807) is 17.1 Å². The van der Waals surface area contributed by atoms with Gasteiger partial charge in [-0.3, -0.25) is 18.9 Å². The predicted molar refractivity (Wildman–Crippen MR) is 120 cm³/mol. The monoisotopic (exact) mass is 442 g/mol. The van der Waals surface area contributed by atoms with Crippen molar-refractivity contribution in [2.75, 3.05) is 17.5 Å². The lowest BCUT2D eigenvalue weighted by Gasteiger charge is -2.40. The van der Waals surface area contributed by atoms with Crippen LogP contribution in [0.15, 0.2) is 30.1 Å². The van der Waals surface area contributed by atoms with Crippen LogP contribution in [0, 0.1) is 5.92 Å². The fraction of sp³-hybridized carbons (Fsp3) is 0.550. The maximum atomic E-state index is 12.7. The molecule has 0 bridgehead atoms. The van der Waals surface area contributed by atoms with Crippen molar-refractivity contribution in [2.24, 2.45) is 5.92 Å². The Bertz CT molecular complexity index is 914. The van der Waals surface area contributed by atoms with E-state index in [2.05, 4.69) is 22.9 Å². The molecule has 170 valence electrons. The van der Waals surface area contributed by atoms with Gasteiger partial charge < -0.3 is 10.0 Å². The number of hydrogen-bond acceptors (Lipinski definition) is 6. The smallest absolute Gasteiger partial charge is 0.317 e. The highest BCUT2D eigenvalue weighted by Gasteiger charge is 2.38. The first kappa shape index (κ1) is 27.4. The average Bonchev–Trinajstić information content (AvgIpc) is 2.58. The standard InChI is InChI=1S/C14H22N4O5S.2C3H6/c1-7(2)9-6-17(8(3)4)13(21)10-11(19)12(20)15-14(18(9)10)16-24(5,22)23;2*1-3-2/h7-9,19H,6H2,1-5H3,(H,15,16,20);2*3H,1H2,2H3/t9-;;/m1../s1. The summed E-state index contributed by atoms with van der Waals surface area (Å²) in [6.07, 6.45) is 4.43. The van der Waals surface area contributed by atoms with E-state index in [0.717, 1.165) is 6.26 Å². The average molecular weight is 443 g/mol. The molecule has 0 saturated heterocycles. The van der Waals surface area contributed by atoms with E-state index in [9.17, 15) is 23.1 Å². The van der Waals surface area contributed by atoms with Crippen molar-refractivity contribution in [1.82, 2.24) is 14.5 Å². The van der Waals surface area contributed by atoms with E-state index < -0.39 is 27.2 Å². The van der Waals surface area contributed by atoms with E-state index in [1.807, 2.05) is 41.5 Å². The molecule has 1 aromatic rings. The second-order valence-electron chi connectivity index (χ2n) is 7.36. The number of carbonyl (C=O) groups excluding carboxylic acids is 1. The summed E-state index contributed by atoms with van der Waals surface area (Å²) in [5.74, 6) is -1.56. The Hall–Kier alpha value is -2.62. The van der Waals surface area contributed by atoms with E-state index >= 15 is 0 Å². The third-order valence-electron chi connectivity index (χ3n) is 3.95. The highest BCUT2D eigenvalue weighted by Crippen LogP contribution is 2.33. The minimum Gasteiger partial charge on any atom is -0.501 e. The van der Waals surface area contributed by atoms with Crippen LogP contribution >= 0.6 is 0 Å². The highest BCUT2D eigenvalue weighted by atomic mass is 32.2. The molecule has 2 rings (SSSR count). The molecular formula is C20H34N4O5S. The minimum absolute atomic E-state index is 0.00177. The van der Waals surface area contributed by atoms with Crippen LogP contribution in [-0.2, 0) is 10.0 Å². The van der Waals surface area contributed by atoms with E-state index in [4.69, 9.17) is 0 Å². The summed E-state index contributed by atoms with van der Waals surface area (Å²) in [4.78, 5) is 29.8. The van der Waals surface area contributed by atoms with Crippen LogP contribution in [0.1, 0.15) is 58.1 Å². The Labute approximate surface area is 179 Å². The molecule has 0 saturated carbocycles. The molecule has 2 N–H and O–H groups in total. The van der Waals surface area contributed by atoms with Crippen molar-refractivity contribution in [3.8, 4) is 5.75 Å². The SMILES string of the molecule is C=CC.C=CC.CC(C)[C@H]1CN(C(C)C)C(=O)c2c(O)c(=O)nc(NS(C)(=O)=O)n21. The van der Waals surface area contributed by atoms with E-state index in [0.29, 0.717) is 6.54 Å². The second kappa shape index (κ2) is 11.5. The largest absolute Gasteiger partial charge is 0.501 e. The summed E-state index contributed by atoms with van der Waals surface area (Å²) in [6, 6.07) is -0.482. The number of rotatable bonds is 4. The Kier molecular flexibility index (Phi) is 10.5. The van der Waals surface area contributed by atoms with E-state index in [-0.39, 0.29) is 29.6 Å². The summed E-state index contributed by atoms with van der Waals surface area (Å²) < 4.78 is 26.7. The van der Waals surface area contributed by atoms with Gasteiger partial charge >= 0.3 is 5.56 Å². The summed E-state index contributed by atoms with van der Waals surface area (Å²) in [7, 11) is -3.72. The first-order chi connectivity index (χ1) is 13.8. The van der Waals surface area contributed by atoms with Crippen LogP contribution in [0.3, 0.4) is 0 Å². The second-order valence-corrected chi connectivity index (χ2v) is 9.11. The van der Waals surface area contributed by atoms with Crippen molar-refractivity contribution in [3.63, 3.8) is 0 Å². The zero-order chi connectivity index (χ0) is 23.8. The van der Waals surface area contributed by atoms with Crippen LogP contribution in [-0.4, -0.2) is 52.7 Å². The molecule has 1 amide bonds. The Morgan fingerprint density at radius 2 is 1.63 bits per heavy atom. The molecule has 1 aromatic heterocycles. The molecule has 30 heavy (non-hydrogen) atoms. The number of amides is 1.